The maximum atomic E-state index is 12.8. The van der Waals surface area contributed by atoms with Gasteiger partial charge in [0.2, 0.25) is 5.91 Å². The molecule has 1 heterocycles. The highest BCUT2D eigenvalue weighted by atomic mass is 35.5. The number of amides is 1. The fourth-order valence-electron chi connectivity index (χ4n) is 3.21. The molecule has 0 unspecified atom stereocenters. The zero-order chi connectivity index (χ0) is 19.7. The van der Waals surface area contributed by atoms with Crippen LogP contribution in [-0.4, -0.2) is 10.5 Å². The number of hydrogen-bond donors (Lipinski definition) is 1. The van der Waals surface area contributed by atoms with Gasteiger partial charge in [0.05, 0.1) is 5.52 Å². The number of halogens is 1. The van der Waals surface area contributed by atoms with Crippen molar-refractivity contribution < 1.29 is 9.21 Å². The molecule has 1 amide bonds. The lowest BCUT2D eigenvalue weighted by atomic mass is 9.92. The molecule has 0 atom stereocenters. The Morgan fingerprint density at radius 3 is 2.33 bits per heavy atom. The predicted octanol–water partition coefficient (Wildman–Crippen LogP) is 5.13. The van der Waals surface area contributed by atoms with Gasteiger partial charge in [-0.3, -0.25) is 9.36 Å². The van der Waals surface area contributed by atoms with Gasteiger partial charge in [-0.15, -0.1) is 0 Å². The number of fused-ring (bicyclic) bond motifs is 1. The smallest absolute Gasteiger partial charge is 0.408 e. The molecular weight excluding hydrogens is 364 g/mol. The summed E-state index contributed by atoms with van der Waals surface area (Å²) in [6.07, 6.45) is 0. The summed E-state index contributed by atoms with van der Waals surface area (Å²) < 4.78 is 6.51. The van der Waals surface area contributed by atoms with Crippen molar-refractivity contribution in [1.29, 1.82) is 0 Å². The van der Waals surface area contributed by atoms with E-state index < -0.39 is 5.76 Å². The minimum atomic E-state index is -0.580. The molecular formula is C21H23ClN2O3. The summed E-state index contributed by atoms with van der Waals surface area (Å²) in [6.45, 7) is 8.23. The molecule has 0 aliphatic heterocycles. The van der Waals surface area contributed by atoms with Crippen LogP contribution in [0.4, 0.5) is 5.69 Å². The monoisotopic (exact) mass is 386 g/mol. The third kappa shape index (κ3) is 3.93. The molecule has 0 bridgehead atoms. The number of benzene rings is 2. The second-order valence-electron chi connectivity index (χ2n) is 7.24. The van der Waals surface area contributed by atoms with Crippen molar-refractivity contribution in [3.05, 3.63) is 63.1 Å². The highest BCUT2D eigenvalue weighted by molar-refractivity contribution is 6.31. The number of hydrogen-bond acceptors (Lipinski definition) is 3. The first-order chi connectivity index (χ1) is 12.8. The van der Waals surface area contributed by atoms with Crippen molar-refractivity contribution in [2.75, 3.05) is 5.32 Å². The lowest BCUT2D eigenvalue weighted by molar-refractivity contribution is -0.116. The maximum Gasteiger partial charge on any atom is 0.420 e. The highest BCUT2D eigenvalue weighted by Crippen LogP contribution is 2.32. The van der Waals surface area contributed by atoms with Crippen LogP contribution in [0.25, 0.3) is 11.1 Å². The minimum absolute atomic E-state index is 0.128. The number of para-hydroxylation sites is 1. The first-order valence-electron chi connectivity index (χ1n) is 8.99. The van der Waals surface area contributed by atoms with E-state index in [0.717, 1.165) is 16.8 Å². The molecule has 27 heavy (non-hydrogen) atoms. The van der Waals surface area contributed by atoms with Gasteiger partial charge in [0.1, 0.15) is 6.54 Å². The average Bonchev–Trinajstić information content (AvgIpc) is 2.89. The van der Waals surface area contributed by atoms with E-state index >= 15 is 0 Å². The van der Waals surface area contributed by atoms with Crippen LogP contribution < -0.4 is 11.1 Å². The van der Waals surface area contributed by atoms with Gasteiger partial charge in [-0.25, -0.2) is 4.79 Å². The zero-order valence-corrected chi connectivity index (χ0v) is 16.6. The number of aromatic nitrogens is 1. The van der Waals surface area contributed by atoms with E-state index in [1.807, 2.05) is 18.2 Å². The third-order valence-electron chi connectivity index (χ3n) is 4.57. The van der Waals surface area contributed by atoms with Crippen LogP contribution >= 0.6 is 11.6 Å². The van der Waals surface area contributed by atoms with Crippen LogP contribution in [0.2, 0.25) is 5.02 Å². The van der Waals surface area contributed by atoms with Crippen molar-refractivity contribution >= 4 is 34.3 Å². The van der Waals surface area contributed by atoms with E-state index in [1.165, 1.54) is 4.57 Å². The maximum absolute atomic E-state index is 12.8. The zero-order valence-electron chi connectivity index (χ0n) is 15.9. The normalized spacial score (nSPS) is 11.5. The molecule has 1 aromatic heterocycles. The summed E-state index contributed by atoms with van der Waals surface area (Å²) in [4.78, 5) is 24.9. The Morgan fingerprint density at radius 1 is 1.11 bits per heavy atom. The summed E-state index contributed by atoms with van der Waals surface area (Å²) in [7, 11) is 0. The fourth-order valence-corrected chi connectivity index (χ4v) is 3.37. The topological polar surface area (TPSA) is 64.2 Å². The van der Waals surface area contributed by atoms with E-state index in [2.05, 4.69) is 33.0 Å². The molecule has 142 valence electrons. The summed E-state index contributed by atoms with van der Waals surface area (Å²) >= 11 is 5.94. The molecule has 0 aliphatic rings. The number of nitrogens with zero attached hydrogens (tertiary/aromatic N) is 1. The summed E-state index contributed by atoms with van der Waals surface area (Å²) in [6, 6.07) is 11.0. The Kier molecular flexibility index (Phi) is 5.42. The number of carbonyl (C=O) groups is 1. The molecule has 1 N–H and O–H groups in total. The largest absolute Gasteiger partial charge is 0.420 e. The minimum Gasteiger partial charge on any atom is -0.408 e. The van der Waals surface area contributed by atoms with E-state index in [9.17, 15) is 9.59 Å². The van der Waals surface area contributed by atoms with Gasteiger partial charge < -0.3 is 9.73 Å². The Labute approximate surface area is 162 Å². The van der Waals surface area contributed by atoms with Gasteiger partial charge in [0.15, 0.2) is 5.58 Å². The molecule has 3 aromatic rings. The fraction of sp³-hybridized carbons (Fsp3) is 0.333. The lowest BCUT2D eigenvalue weighted by Crippen LogP contribution is -2.25. The average molecular weight is 387 g/mol. The summed E-state index contributed by atoms with van der Waals surface area (Å²) in [5, 5.41) is 3.49. The molecule has 2 aromatic carbocycles. The van der Waals surface area contributed by atoms with Crippen LogP contribution in [0.1, 0.15) is 50.7 Å². The molecule has 3 rings (SSSR count). The Bertz CT molecular complexity index is 1020. The van der Waals surface area contributed by atoms with Crippen LogP contribution in [-0.2, 0) is 11.3 Å². The first kappa shape index (κ1) is 19.2. The van der Waals surface area contributed by atoms with Gasteiger partial charge in [0, 0.05) is 16.8 Å². The number of oxazole rings is 1. The van der Waals surface area contributed by atoms with E-state index in [0.29, 0.717) is 16.1 Å². The first-order valence-corrected chi connectivity index (χ1v) is 9.37. The SMILES string of the molecule is CC(C)c1cccc(C(C)C)c1NC(=O)Cn1c(=O)oc2cc(Cl)ccc21. The van der Waals surface area contributed by atoms with Crippen molar-refractivity contribution in [3.8, 4) is 0 Å². The number of anilines is 1. The van der Waals surface area contributed by atoms with Crippen molar-refractivity contribution in [1.82, 2.24) is 4.57 Å². The number of nitrogens with one attached hydrogen (secondary N) is 1. The predicted molar refractivity (Wildman–Crippen MR) is 109 cm³/mol. The van der Waals surface area contributed by atoms with Crippen LogP contribution in [0, 0.1) is 0 Å². The standard InChI is InChI=1S/C21H23ClN2O3/c1-12(2)15-6-5-7-16(13(3)4)20(15)23-19(25)11-24-17-9-8-14(22)10-18(17)27-21(24)26/h5-10,12-13H,11H2,1-4H3,(H,23,25). The van der Waals surface area contributed by atoms with Gasteiger partial charge in [-0.05, 0) is 35.1 Å². The van der Waals surface area contributed by atoms with Gasteiger partial charge in [-0.2, -0.15) is 0 Å². The second-order valence-corrected chi connectivity index (χ2v) is 7.67. The summed E-state index contributed by atoms with van der Waals surface area (Å²) in [5.41, 5.74) is 3.89. The highest BCUT2D eigenvalue weighted by Gasteiger charge is 2.18. The molecule has 5 nitrogen and oxygen atoms in total. The Balaban J connectivity index is 1.94. The van der Waals surface area contributed by atoms with Crippen LogP contribution in [0.3, 0.4) is 0 Å². The quantitative estimate of drug-likeness (QED) is 0.660. The van der Waals surface area contributed by atoms with E-state index in [-0.39, 0.29) is 24.3 Å². The summed E-state index contributed by atoms with van der Waals surface area (Å²) in [5.74, 6) is -0.328. The van der Waals surface area contributed by atoms with Crippen molar-refractivity contribution in [3.63, 3.8) is 0 Å². The molecule has 0 saturated carbocycles. The molecule has 0 radical (unpaired) electrons. The second kappa shape index (κ2) is 7.61. The van der Waals surface area contributed by atoms with Crippen LogP contribution in [0.15, 0.2) is 45.6 Å². The van der Waals surface area contributed by atoms with E-state index in [4.69, 9.17) is 16.0 Å². The molecule has 6 heteroatoms. The molecule has 0 spiro atoms. The van der Waals surface area contributed by atoms with Gasteiger partial charge in [-0.1, -0.05) is 57.5 Å². The number of carbonyl (C=O) groups excluding carboxylic acids is 1. The third-order valence-corrected chi connectivity index (χ3v) is 4.80. The van der Waals surface area contributed by atoms with Crippen LogP contribution in [0.5, 0.6) is 0 Å². The van der Waals surface area contributed by atoms with Gasteiger partial charge in [0.25, 0.3) is 0 Å². The van der Waals surface area contributed by atoms with Crippen molar-refractivity contribution in [2.24, 2.45) is 0 Å². The lowest BCUT2D eigenvalue weighted by Gasteiger charge is -2.20. The van der Waals surface area contributed by atoms with E-state index in [1.54, 1.807) is 18.2 Å². The van der Waals surface area contributed by atoms with Gasteiger partial charge >= 0.3 is 5.76 Å². The molecule has 0 saturated heterocycles. The Hall–Kier alpha value is -2.53. The molecule has 0 fully saturated rings. The number of rotatable bonds is 5. The molecule has 0 aliphatic carbocycles. The van der Waals surface area contributed by atoms with Crippen molar-refractivity contribution in [2.45, 2.75) is 46.1 Å². The Morgan fingerprint density at radius 2 is 1.74 bits per heavy atom.